The van der Waals surface area contributed by atoms with Crippen LogP contribution in [0.4, 0.5) is 0 Å². The number of rotatable bonds is 6. The summed E-state index contributed by atoms with van der Waals surface area (Å²) in [6.07, 6.45) is 0.873. The van der Waals surface area contributed by atoms with Crippen LogP contribution in [-0.4, -0.2) is 44.8 Å². The highest BCUT2D eigenvalue weighted by Gasteiger charge is 2.23. The maximum atomic E-state index is 12.3. The summed E-state index contributed by atoms with van der Waals surface area (Å²) >= 11 is 0. The first kappa shape index (κ1) is 15.7. The van der Waals surface area contributed by atoms with E-state index in [1.54, 1.807) is 24.8 Å². The Morgan fingerprint density at radius 3 is 2.63 bits per heavy atom. The number of nitrogens with zero attached hydrogens (tertiary/aromatic N) is 2. The molecule has 1 amide bonds. The van der Waals surface area contributed by atoms with Crippen LogP contribution < -0.4 is 0 Å². The molecule has 0 atom stereocenters. The first-order valence-electron chi connectivity index (χ1n) is 6.79. The van der Waals surface area contributed by atoms with E-state index in [1.807, 2.05) is 6.92 Å². The molecule has 5 nitrogen and oxygen atoms in total. The van der Waals surface area contributed by atoms with Crippen molar-refractivity contribution in [2.24, 2.45) is 5.92 Å². The van der Waals surface area contributed by atoms with Gasteiger partial charge in [0.15, 0.2) is 0 Å². The van der Waals surface area contributed by atoms with Crippen molar-refractivity contribution in [3.63, 3.8) is 0 Å². The van der Waals surface area contributed by atoms with Crippen LogP contribution in [0.2, 0.25) is 0 Å². The smallest absolute Gasteiger partial charge is 0.274 e. The fraction of sp³-hybridized carbons (Fsp3) is 0.714. The maximum Gasteiger partial charge on any atom is 0.274 e. The lowest BCUT2D eigenvalue weighted by atomic mass is 10.1. The third-order valence-electron chi connectivity index (χ3n) is 2.72. The Bertz CT molecular complexity index is 419. The molecular weight excluding hydrogens is 242 g/mol. The highest BCUT2D eigenvalue weighted by Crippen LogP contribution is 2.11. The van der Waals surface area contributed by atoms with E-state index >= 15 is 0 Å². The molecule has 108 valence electrons. The number of amides is 1. The second-order valence-corrected chi connectivity index (χ2v) is 6.01. The van der Waals surface area contributed by atoms with Crippen molar-refractivity contribution in [2.75, 3.05) is 13.1 Å². The van der Waals surface area contributed by atoms with E-state index in [1.165, 1.54) is 0 Å². The van der Waals surface area contributed by atoms with E-state index in [-0.39, 0.29) is 5.91 Å². The molecule has 1 aromatic heterocycles. The van der Waals surface area contributed by atoms with Gasteiger partial charge in [0, 0.05) is 18.8 Å². The molecule has 2 N–H and O–H groups in total. The van der Waals surface area contributed by atoms with Crippen LogP contribution in [0.1, 0.15) is 50.8 Å². The Kier molecular flexibility index (Phi) is 5.11. The van der Waals surface area contributed by atoms with Gasteiger partial charge in [-0.25, -0.2) is 0 Å². The Balaban J connectivity index is 2.77. The van der Waals surface area contributed by atoms with Gasteiger partial charge < -0.3 is 10.0 Å². The van der Waals surface area contributed by atoms with Crippen molar-refractivity contribution < 1.29 is 9.90 Å². The summed E-state index contributed by atoms with van der Waals surface area (Å²) < 4.78 is 0. The number of hydrogen-bond acceptors (Lipinski definition) is 3. The van der Waals surface area contributed by atoms with Crippen molar-refractivity contribution in [1.82, 2.24) is 15.1 Å². The van der Waals surface area contributed by atoms with Gasteiger partial charge in [0.25, 0.3) is 5.91 Å². The minimum atomic E-state index is -0.900. The third kappa shape index (κ3) is 5.03. The van der Waals surface area contributed by atoms with Gasteiger partial charge in [-0.15, -0.1) is 0 Å². The summed E-state index contributed by atoms with van der Waals surface area (Å²) in [6, 6.07) is 1.80. The number of carbonyl (C=O) groups is 1. The van der Waals surface area contributed by atoms with Gasteiger partial charge >= 0.3 is 0 Å². The van der Waals surface area contributed by atoms with E-state index in [9.17, 15) is 9.90 Å². The number of likely N-dealkylation sites (N-methyl/N-ethyl adjacent to an activating group) is 1. The molecule has 1 rings (SSSR count). The fourth-order valence-corrected chi connectivity index (χ4v) is 1.97. The first-order valence-corrected chi connectivity index (χ1v) is 6.79. The van der Waals surface area contributed by atoms with Crippen molar-refractivity contribution in [1.29, 1.82) is 0 Å². The predicted molar refractivity (Wildman–Crippen MR) is 75.0 cm³/mol. The normalized spacial score (nSPS) is 11.9. The molecule has 19 heavy (non-hydrogen) atoms. The lowest BCUT2D eigenvalue weighted by Crippen LogP contribution is -2.42. The Labute approximate surface area is 115 Å². The van der Waals surface area contributed by atoms with Crippen LogP contribution in [0.3, 0.4) is 0 Å². The summed E-state index contributed by atoms with van der Waals surface area (Å²) in [7, 11) is 0. The second kappa shape index (κ2) is 6.19. The number of hydrogen-bond donors (Lipinski definition) is 2. The zero-order chi connectivity index (χ0) is 14.6. The average molecular weight is 267 g/mol. The molecule has 0 saturated heterocycles. The molecule has 0 radical (unpaired) electrons. The van der Waals surface area contributed by atoms with Crippen LogP contribution in [0.15, 0.2) is 6.07 Å². The number of nitrogens with one attached hydrogen (secondary N) is 1. The average Bonchev–Trinajstić information content (AvgIpc) is 2.71. The molecule has 0 fully saturated rings. The molecule has 0 aliphatic rings. The molecule has 1 aromatic rings. The van der Waals surface area contributed by atoms with E-state index < -0.39 is 5.60 Å². The van der Waals surface area contributed by atoms with Crippen LogP contribution in [0.25, 0.3) is 0 Å². The molecule has 0 saturated carbocycles. The third-order valence-corrected chi connectivity index (χ3v) is 2.72. The second-order valence-electron chi connectivity index (χ2n) is 6.01. The maximum absolute atomic E-state index is 12.3. The topological polar surface area (TPSA) is 69.2 Å². The van der Waals surface area contributed by atoms with Crippen molar-refractivity contribution in [2.45, 2.75) is 46.6 Å². The zero-order valence-electron chi connectivity index (χ0n) is 12.5. The van der Waals surface area contributed by atoms with Crippen molar-refractivity contribution in [3.05, 3.63) is 17.5 Å². The van der Waals surface area contributed by atoms with E-state index in [0.717, 1.165) is 12.1 Å². The van der Waals surface area contributed by atoms with Crippen LogP contribution in [0, 0.1) is 5.92 Å². The molecule has 0 aliphatic carbocycles. The van der Waals surface area contributed by atoms with Crippen molar-refractivity contribution in [3.8, 4) is 0 Å². The molecule has 0 aliphatic heterocycles. The van der Waals surface area contributed by atoms with E-state index in [0.29, 0.717) is 24.7 Å². The minimum Gasteiger partial charge on any atom is -0.389 e. The summed E-state index contributed by atoms with van der Waals surface area (Å²) in [6.45, 7) is 10.4. The van der Waals surface area contributed by atoms with Crippen LogP contribution in [-0.2, 0) is 6.42 Å². The molecule has 1 heterocycles. The highest BCUT2D eigenvalue weighted by molar-refractivity contribution is 5.92. The first-order chi connectivity index (χ1) is 8.73. The minimum absolute atomic E-state index is 0.143. The van der Waals surface area contributed by atoms with Gasteiger partial charge in [-0.3, -0.25) is 9.89 Å². The zero-order valence-corrected chi connectivity index (χ0v) is 12.5. The largest absolute Gasteiger partial charge is 0.389 e. The molecular formula is C14H25N3O2. The lowest BCUT2D eigenvalue weighted by Gasteiger charge is -2.27. The molecule has 0 aromatic carbocycles. The molecule has 0 spiro atoms. The quantitative estimate of drug-likeness (QED) is 0.826. The standard InChI is InChI=1S/C14H25N3O2/c1-6-17(9-14(4,5)19)13(18)12-8-11(15-16-12)7-10(2)3/h8,10,19H,6-7,9H2,1-5H3,(H,15,16). The Morgan fingerprint density at radius 2 is 2.16 bits per heavy atom. The summed E-state index contributed by atoms with van der Waals surface area (Å²) in [5.74, 6) is 0.373. The number of aromatic nitrogens is 2. The van der Waals surface area contributed by atoms with Crippen molar-refractivity contribution >= 4 is 5.91 Å². The predicted octanol–water partition coefficient (Wildman–Crippen LogP) is 1.84. The number of carbonyl (C=O) groups excluding carboxylic acids is 1. The van der Waals surface area contributed by atoms with Gasteiger partial charge in [0.05, 0.1) is 5.60 Å². The van der Waals surface area contributed by atoms with Gasteiger partial charge in [-0.1, -0.05) is 13.8 Å². The van der Waals surface area contributed by atoms with Crippen LogP contribution in [0.5, 0.6) is 0 Å². The van der Waals surface area contributed by atoms with E-state index in [4.69, 9.17) is 0 Å². The Morgan fingerprint density at radius 1 is 1.53 bits per heavy atom. The summed E-state index contributed by atoms with van der Waals surface area (Å²) in [5, 5.41) is 16.8. The summed E-state index contributed by atoms with van der Waals surface area (Å²) in [4.78, 5) is 13.9. The Hall–Kier alpha value is -1.36. The number of H-pyrrole nitrogens is 1. The fourth-order valence-electron chi connectivity index (χ4n) is 1.97. The summed E-state index contributed by atoms with van der Waals surface area (Å²) in [5.41, 5.74) is 0.488. The van der Waals surface area contributed by atoms with Gasteiger partial charge in [0.2, 0.25) is 0 Å². The number of aromatic amines is 1. The number of aliphatic hydroxyl groups is 1. The lowest BCUT2D eigenvalue weighted by molar-refractivity contribution is 0.0311. The van der Waals surface area contributed by atoms with E-state index in [2.05, 4.69) is 24.0 Å². The van der Waals surface area contributed by atoms with Gasteiger partial charge in [-0.2, -0.15) is 5.10 Å². The molecule has 5 heteroatoms. The van der Waals surface area contributed by atoms with Crippen LogP contribution >= 0.6 is 0 Å². The molecule has 0 unspecified atom stereocenters. The highest BCUT2D eigenvalue weighted by atomic mass is 16.3. The van der Waals surface area contributed by atoms with Gasteiger partial charge in [-0.05, 0) is 39.2 Å². The SMILES string of the molecule is CCN(CC(C)(C)O)C(=O)c1cc(CC(C)C)[nH]n1. The molecule has 0 bridgehead atoms. The monoisotopic (exact) mass is 267 g/mol. The van der Waals surface area contributed by atoms with Gasteiger partial charge in [0.1, 0.15) is 5.69 Å².